The number of hydrogen-bond acceptors (Lipinski definition) is 11. The largest absolute Gasteiger partial charge is 0.382 e. The summed E-state index contributed by atoms with van der Waals surface area (Å²) >= 11 is 0. The highest BCUT2D eigenvalue weighted by molar-refractivity contribution is 7.92. The lowest BCUT2D eigenvalue weighted by molar-refractivity contribution is 0.601. The molecule has 0 unspecified atom stereocenters. The van der Waals surface area contributed by atoms with Crippen molar-refractivity contribution in [3.63, 3.8) is 0 Å². The molecule has 2 aromatic carbocycles. The monoisotopic (exact) mass is 474 g/mol. The smallest absolute Gasteiger partial charge is 0.264 e. The van der Waals surface area contributed by atoms with Crippen molar-refractivity contribution in [2.24, 2.45) is 20.5 Å². The molecule has 4 rings (SSSR count). The fourth-order valence-electron chi connectivity index (χ4n) is 2.62. The molecule has 2 heterocycles. The van der Waals surface area contributed by atoms with Gasteiger partial charge in [0.2, 0.25) is 5.95 Å². The number of anilines is 3. The second-order valence-corrected chi connectivity index (χ2v) is 8.39. The number of aromatic nitrogens is 3. The predicted molar refractivity (Wildman–Crippen MR) is 127 cm³/mol. The minimum Gasteiger partial charge on any atom is -0.382 e. The van der Waals surface area contributed by atoms with Crippen LogP contribution < -0.4 is 16.2 Å². The zero-order valence-electron chi connectivity index (χ0n) is 17.5. The first kappa shape index (κ1) is 22.4. The molecule has 0 aliphatic rings. The molecule has 0 radical (unpaired) electrons. The van der Waals surface area contributed by atoms with Crippen molar-refractivity contribution >= 4 is 50.4 Å². The Balaban J connectivity index is 1.51. The van der Waals surface area contributed by atoms with E-state index in [1.54, 1.807) is 18.2 Å². The number of nitrogen functional groups attached to an aromatic ring is 2. The molecule has 0 atom stereocenters. The summed E-state index contributed by atoms with van der Waals surface area (Å²) in [5, 5.41) is 16.4. The average Bonchev–Trinajstić information content (AvgIpc) is 2.84. The number of rotatable bonds is 7. The summed E-state index contributed by atoms with van der Waals surface area (Å²) in [5.41, 5.74) is 13.3. The van der Waals surface area contributed by atoms with Crippen LogP contribution in [0.3, 0.4) is 0 Å². The standard InChI is InChI=1S/C21H18N10O2S/c22-19-17(29-27-14-5-2-1-3-6-14)13-18(20(23)26-19)30-28-15-7-9-16(10-8-15)34(32,33)31-21-24-11-4-12-25-21/h1-13H,(H4,22,23,26)(H,24,25,31)/b29-27+,30-28+. The molecule has 2 aromatic heterocycles. The zero-order chi connectivity index (χ0) is 24.0. The summed E-state index contributed by atoms with van der Waals surface area (Å²) in [5.74, 6) is 0.129. The van der Waals surface area contributed by atoms with E-state index < -0.39 is 10.0 Å². The number of hydrogen-bond donors (Lipinski definition) is 3. The van der Waals surface area contributed by atoms with Crippen LogP contribution in [-0.2, 0) is 10.0 Å². The van der Waals surface area contributed by atoms with Crippen molar-refractivity contribution in [3.8, 4) is 0 Å². The normalized spacial score (nSPS) is 11.8. The molecule has 12 nitrogen and oxygen atoms in total. The van der Waals surface area contributed by atoms with Crippen molar-refractivity contribution in [1.29, 1.82) is 0 Å². The maximum absolute atomic E-state index is 12.5. The Labute approximate surface area is 194 Å². The van der Waals surface area contributed by atoms with Gasteiger partial charge in [0.05, 0.1) is 16.3 Å². The van der Waals surface area contributed by atoms with Crippen molar-refractivity contribution in [2.75, 3.05) is 16.2 Å². The molecule has 0 saturated carbocycles. The Morgan fingerprint density at radius 3 is 1.85 bits per heavy atom. The fraction of sp³-hybridized carbons (Fsp3) is 0. The van der Waals surface area contributed by atoms with Crippen LogP contribution in [-0.4, -0.2) is 23.4 Å². The van der Waals surface area contributed by atoms with E-state index in [1.165, 1.54) is 42.7 Å². The van der Waals surface area contributed by atoms with E-state index in [4.69, 9.17) is 11.5 Å². The molecular formula is C21H18N10O2S. The first-order chi connectivity index (χ1) is 16.4. The van der Waals surface area contributed by atoms with Crippen LogP contribution >= 0.6 is 0 Å². The Morgan fingerprint density at radius 1 is 0.706 bits per heavy atom. The third kappa shape index (κ3) is 5.52. The van der Waals surface area contributed by atoms with Crippen LogP contribution in [0.25, 0.3) is 0 Å². The highest BCUT2D eigenvalue weighted by Crippen LogP contribution is 2.32. The average molecular weight is 475 g/mol. The zero-order valence-corrected chi connectivity index (χ0v) is 18.3. The molecule has 0 amide bonds. The summed E-state index contributed by atoms with van der Waals surface area (Å²) in [6.45, 7) is 0. The summed E-state index contributed by atoms with van der Waals surface area (Å²) in [7, 11) is -3.86. The van der Waals surface area contributed by atoms with E-state index >= 15 is 0 Å². The van der Waals surface area contributed by atoms with E-state index in [1.807, 2.05) is 18.2 Å². The second-order valence-electron chi connectivity index (χ2n) is 6.70. The molecule has 0 bridgehead atoms. The van der Waals surface area contributed by atoms with Crippen molar-refractivity contribution in [3.05, 3.63) is 79.1 Å². The lowest BCUT2D eigenvalue weighted by Crippen LogP contribution is -2.14. The van der Waals surface area contributed by atoms with Gasteiger partial charge in [-0.15, -0.1) is 10.2 Å². The van der Waals surface area contributed by atoms with Crippen molar-refractivity contribution in [1.82, 2.24) is 15.0 Å². The van der Waals surface area contributed by atoms with Crippen LogP contribution in [0.15, 0.2) is 104 Å². The number of nitrogens with one attached hydrogen (secondary N) is 1. The van der Waals surface area contributed by atoms with Crippen LogP contribution in [0.1, 0.15) is 0 Å². The molecule has 0 aliphatic heterocycles. The Morgan fingerprint density at radius 2 is 1.26 bits per heavy atom. The van der Waals surface area contributed by atoms with Gasteiger partial charge in [0.25, 0.3) is 10.0 Å². The Kier molecular flexibility index (Phi) is 6.45. The maximum atomic E-state index is 12.5. The minimum atomic E-state index is -3.86. The van der Waals surface area contributed by atoms with Crippen LogP contribution in [0.2, 0.25) is 0 Å². The summed E-state index contributed by atoms with van der Waals surface area (Å²) < 4.78 is 27.2. The molecule has 170 valence electrons. The number of sulfonamides is 1. The molecular weight excluding hydrogens is 456 g/mol. The van der Waals surface area contributed by atoms with Crippen LogP contribution in [0.4, 0.5) is 40.3 Å². The lowest BCUT2D eigenvalue weighted by atomic mass is 10.3. The third-order valence-corrected chi connectivity index (χ3v) is 5.62. The molecule has 0 spiro atoms. The third-order valence-electron chi connectivity index (χ3n) is 4.28. The second kappa shape index (κ2) is 9.79. The number of nitrogens with two attached hydrogens (primary N) is 2. The quantitative estimate of drug-likeness (QED) is 0.324. The van der Waals surface area contributed by atoms with Crippen molar-refractivity contribution < 1.29 is 8.42 Å². The van der Waals surface area contributed by atoms with Gasteiger partial charge in [-0.3, -0.25) is 0 Å². The highest BCUT2D eigenvalue weighted by atomic mass is 32.2. The molecule has 34 heavy (non-hydrogen) atoms. The SMILES string of the molecule is Nc1nc(N)c(/N=N/c2ccc(S(=O)(=O)Nc3ncccn3)cc2)cc1/N=N/c1ccccc1. The number of azo groups is 2. The number of nitrogens with zero attached hydrogens (tertiary/aromatic N) is 7. The first-order valence-electron chi connectivity index (χ1n) is 9.75. The van der Waals surface area contributed by atoms with Gasteiger partial charge in [-0.2, -0.15) is 10.2 Å². The Hall–Kier alpha value is -4.78. The molecule has 5 N–H and O–H groups in total. The van der Waals surface area contributed by atoms with Crippen molar-refractivity contribution in [2.45, 2.75) is 4.90 Å². The number of pyridine rings is 1. The first-order valence-corrected chi connectivity index (χ1v) is 11.2. The van der Waals surface area contributed by atoms with Crippen LogP contribution in [0, 0.1) is 0 Å². The van der Waals surface area contributed by atoms with Gasteiger partial charge in [-0.1, -0.05) is 18.2 Å². The minimum absolute atomic E-state index is 0.0104. The van der Waals surface area contributed by atoms with E-state index in [-0.39, 0.29) is 33.9 Å². The fourth-order valence-corrected chi connectivity index (χ4v) is 3.58. The molecule has 0 saturated heterocycles. The van der Waals surface area contributed by atoms with Gasteiger partial charge in [0, 0.05) is 18.5 Å². The molecule has 13 heteroatoms. The van der Waals surface area contributed by atoms with E-state index in [9.17, 15) is 8.42 Å². The number of benzene rings is 2. The lowest BCUT2D eigenvalue weighted by Gasteiger charge is -2.06. The van der Waals surface area contributed by atoms with E-state index in [0.29, 0.717) is 11.4 Å². The van der Waals surface area contributed by atoms with E-state index in [0.717, 1.165) is 0 Å². The van der Waals surface area contributed by atoms with Gasteiger partial charge in [-0.05, 0) is 42.5 Å². The highest BCUT2D eigenvalue weighted by Gasteiger charge is 2.15. The summed E-state index contributed by atoms with van der Waals surface area (Å²) in [6, 6.07) is 17.9. The summed E-state index contributed by atoms with van der Waals surface area (Å²) in [6.07, 6.45) is 2.86. The van der Waals surface area contributed by atoms with Gasteiger partial charge in [0.15, 0.2) is 11.6 Å². The van der Waals surface area contributed by atoms with Gasteiger partial charge >= 0.3 is 0 Å². The van der Waals surface area contributed by atoms with Gasteiger partial charge in [-0.25, -0.2) is 28.1 Å². The molecule has 0 fully saturated rings. The summed E-state index contributed by atoms with van der Waals surface area (Å²) in [4.78, 5) is 11.7. The Bertz CT molecular complexity index is 1440. The topological polar surface area (TPSA) is 186 Å². The molecule has 4 aromatic rings. The van der Waals surface area contributed by atoms with Gasteiger partial charge < -0.3 is 11.5 Å². The van der Waals surface area contributed by atoms with Crippen LogP contribution in [0.5, 0.6) is 0 Å². The van der Waals surface area contributed by atoms with Gasteiger partial charge in [0.1, 0.15) is 11.4 Å². The predicted octanol–water partition coefficient (Wildman–Crippen LogP) is 4.67. The molecule has 0 aliphatic carbocycles. The maximum Gasteiger partial charge on any atom is 0.264 e. The van der Waals surface area contributed by atoms with E-state index in [2.05, 4.69) is 40.1 Å².